The molecule has 0 aliphatic carbocycles. The number of aryl methyl sites for hydroxylation is 1. The van der Waals surface area contributed by atoms with Gasteiger partial charge in [0.05, 0.1) is 16.6 Å². The molecular weight excluding hydrogens is 581 g/mol. The van der Waals surface area contributed by atoms with Gasteiger partial charge in [-0.2, -0.15) is 0 Å². The molecule has 3 aromatic carbocycles. The molecule has 8 nitrogen and oxygen atoms in total. The van der Waals surface area contributed by atoms with Gasteiger partial charge >= 0.3 is 4.87 Å². The molecule has 2 aliphatic heterocycles. The van der Waals surface area contributed by atoms with Gasteiger partial charge < -0.3 is 10.2 Å². The van der Waals surface area contributed by atoms with E-state index in [1.54, 1.807) is 30.3 Å². The van der Waals surface area contributed by atoms with Crippen LogP contribution in [0.5, 0.6) is 0 Å². The lowest BCUT2D eigenvalue weighted by Crippen LogP contribution is -2.33. The van der Waals surface area contributed by atoms with Crippen molar-refractivity contribution in [3.05, 3.63) is 105 Å². The highest BCUT2D eigenvalue weighted by Crippen LogP contribution is 2.54. The lowest BCUT2D eigenvalue weighted by atomic mass is 9.83. The van der Waals surface area contributed by atoms with Gasteiger partial charge in [-0.15, -0.1) is 0 Å². The van der Waals surface area contributed by atoms with Crippen molar-refractivity contribution < 1.29 is 14.4 Å². The van der Waals surface area contributed by atoms with Crippen molar-refractivity contribution in [1.82, 2.24) is 4.57 Å². The zero-order valence-corrected chi connectivity index (χ0v) is 25.8. The highest BCUT2D eigenvalue weighted by molar-refractivity contribution is 8.00. The number of nitrogens with zero attached hydrogens (tertiary/aromatic N) is 3. The maximum atomic E-state index is 14.1. The normalized spacial score (nSPS) is 19.2. The number of hydrogen-bond acceptors (Lipinski definition) is 7. The van der Waals surface area contributed by atoms with E-state index in [9.17, 15) is 19.2 Å². The maximum Gasteiger partial charge on any atom is 0.308 e. The maximum absolute atomic E-state index is 14.1. The summed E-state index contributed by atoms with van der Waals surface area (Å²) in [6.45, 7) is 7.67. The number of nitrogens with one attached hydrogen (secondary N) is 1. The molecule has 0 spiro atoms. The van der Waals surface area contributed by atoms with Crippen molar-refractivity contribution >= 4 is 57.9 Å². The van der Waals surface area contributed by atoms with Crippen molar-refractivity contribution in [2.24, 2.45) is 5.92 Å². The molecule has 3 amide bonds. The zero-order chi connectivity index (χ0) is 30.2. The average Bonchev–Trinajstić information content (AvgIpc) is 3.44. The number of benzene rings is 3. The number of carbonyl (C=O) groups excluding carboxylic acids is 3. The summed E-state index contributed by atoms with van der Waals surface area (Å²) in [6, 6.07) is 24.5. The largest absolute Gasteiger partial charge is 0.372 e. The van der Waals surface area contributed by atoms with E-state index >= 15 is 0 Å². The molecule has 220 valence electrons. The van der Waals surface area contributed by atoms with Crippen LogP contribution in [0.2, 0.25) is 0 Å². The first-order chi connectivity index (χ1) is 20.8. The van der Waals surface area contributed by atoms with E-state index in [0.29, 0.717) is 21.3 Å². The second-order valence-corrected chi connectivity index (χ2v) is 12.8. The van der Waals surface area contributed by atoms with Gasteiger partial charge in [0.1, 0.15) is 11.8 Å². The van der Waals surface area contributed by atoms with E-state index in [1.807, 2.05) is 55.5 Å². The Morgan fingerprint density at radius 2 is 1.63 bits per heavy atom. The Labute approximate surface area is 258 Å². The van der Waals surface area contributed by atoms with Gasteiger partial charge in [0.2, 0.25) is 17.7 Å². The molecule has 6 rings (SSSR count). The molecule has 3 atom stereocenters. The van der Waals surface area contributed by atoms with Gasteiger partial charge in [-0.05, 0) is 68.3 Å². The molecule has 1 aromatic heterocycles. The summed E-state index contributed by atoms with van der Waals surface area (Å²) in [4.78, 5) is 58.4. The molecule has 1 N–H and O–H groups in total. The van der Waals surface area contributed by atoms with Crippen LogP contribution in [-0.4, -0.2) is 40.6 Å². The van der Waals surface area contributed by atoms with Crippen molar-refractivity contribution in [3.8, 4) is 0 Å². The molecule has 0 saturated carbocycles. The van der Waals surface area contributed by atoms with Crippen molar-refractivity contribution in [2.45, 2.75) is 43.5 Å². The van der Waals surface area contributed by atoms with Crippen molar-refractivity contribution in [2.75, 3.05) is 28.2 Å². The first kappa shape index (κ1) is 28.9. The molecule has 2 aliphatic rings. The lowest BCUT2D eigenvalue weighted by Gasteiger charge is -2.31. The summed E-state index contributed by atoms with van der Waals surface area (Å²) >= 11 is 2.28. The van der Waals surface area contributed by atoms with Crippen LogP contribution in [0.15, 0.2) is 88.7 Å². The number of imide groups is 1. The summed E-state index contributed by atoms with van der Waals surface area (Å²) < 4.78 is 1.45. The highest BCUT2D eigenvalue weighted by Gasteiger charge is 2.56. The van der Waals surface area contributed by atoms with E-state index in [-0.39, 0.29) is 29.1 Å². The number of carbonyl (C=O) groups is 3. The first-order valence-electron chi connectivity index (χ1n) is 14.3. The molecule has 0 unspecified atom stereocenters. The third-order valence-corrected chi connectivity index (χ3v) is 10.7. The van der Waals surface area contributed by atoms with Crippen LogP contribution in [-0.2, 0) is 20.9 Å². The SMILES string of the molecule is CCN(CC)c1ccc([C@@H]2c3sc(=O)n(CC(=O)Nc4cccc(C)c4)c3S[C@H]3C(=O)N(c4ccccc4)C(=O)[C@@H]23)cc1. The van der Waals surface area contributed by atoms with Gasteiger partial charge in [0, 0.05) is 35.3 Å². The average molecular weight is 613 g/mol. The Balaban J connectivity index is 1.41. The molecule has 0 bridgehead atoms. The first-order valence-corrected chi connectivity index (χ1v) is 16.0. The minimum absolute atomic E-state index is 0.193. The highest BCUT2D eigenvalue weighted by atomic mass is 32.2. The summed E-state index contributed by atoms with van der Waals surface area (Å²) in [5, 5.41) is 2.72. The topological polar surface area (TPSA) is 91.7 Å². The van der Waals surface area contributed by atoms with E-state index in [2.05, 4.69) is 24.1 Å². The quantitative estimate of drug-likeness (QED) is 0.264. The lowest BCUT2D eigenvalue weighted by molar-refractivity contribution is -0.122. The Bertz CT molecular complexity index is 1740. The summed E-state index contributed by atoms with van der Waals surface area (Å²) in [6.07, 6.45) is 0. The summed E-state index contributed by atoms with van der Waals surface area (Å²) in [5.41, 5.74) is 4.11. The zero-order valence-electron chi connectivity index (χ0n) is 24.2. The molecule has 1 fully saturated rings. The second-order valence-electron chi connectivity index (χ2n) is 10.7. The van der Waals surface area contributed by atoms with Crippen LogP contribution in [0.3, 0.4) is 0 Å². The Hall–Kier alpha value is -4.15. The number of amides is 3. The predicted molar refractivity (Wildman–Crippen MR) is 172 cm³/mol. The number of anilines is 3. The number of thiazole rings is 1. The number of rotatable bonds is 8. The Morgan fingerprint density at radius 1 is 0.907 bits per heavy atom. The van der Waals surface area contributed by atoms with Crippen molar-refractivity contribution in [1.29, 1.82) is 0 Å². The molecule has 10 heteroatoms. The van der Waals surface area contributed by atoms with Gasteiger partial charge in [-0.25, -0.2) is 4.90 Å². The smallest absolute Gasteiger partial charge is 0.308 e. The Morgan fingerprint density at radius 3 is 2.30 bits per heavy atom. The van der Waals surface area contributed by atoms with Crippen LogP contribution >= 0.6 is 23.1 Å². The van der Waals surface area contributed by atoms with Gasteiger partial charge in [-0.1, -0.05) is 65.6 Å². The number of fused-ring (bicyclic) bond motifs is 2. The van der Waals surface area contributed by atoms with Gasteiger partial charge in [-0.3, -0.25) is 23.7 Å². The monoisotopic (exact) mass is 612 g/mol. The Kier molecular flexibility index (Phi) is 7.98. The van der Waals surface area contributed by atoms with Crippen LogP contribution in [0, 0.1) is 12.8 Å². The standard InChI is InChI=1S/C33H32N4O4S2/c1-4-35(5-2)23-16-14-21(15-17-23)26-27-28(31(40)37(30(27)39)24-12-7-6-8-13-24)42-32-29(26)43-33(41)36(32)19-25(38)34-22-11-9-10-20(3)18-22/h6-18,26-28H,4-5,19H2,1-3H3,(H,34,38)/t26-,27-,28+/m0/s1. The van der Waals surface area contributed by atoms with Crippen LogP contribution < -0.4 is 20.0 Å². The van der Waals surface area contributed by atoms with Crippen LogP contribution in [0.1, 0.15) is 35.8 Å². The molecular formula is C33H32N4O4S2. The molecule has 3 heterocycles. The molecule has 1 saturated heterocycles. The summed E-state index contributed by atoms with van der Waals surface area (Å²) in [7, 11) is 0. The fourth-order valence-electron chi connectivity index (χ4n) is 5.99. The molecule has 0 radical (unpaired) electrons. The van der Waals surface area contributed by atoms with E-state index in [4.69, 9.17) is 0 Å². The number of hydrogen-bond donors (Lipinski definition) is 1. The third kappa shape index (κ3) is 5.29. The van der Waals surface area contributed by atoms with E-state index in [0.717, 1.165) is 41.2 Å². The second kappa shape index (κ2) is 11.9. The molecule has 4 aromatic rings. The third-order valence-electron chi connectivity index (χ3n) is 8.05. The fourth-order valence-corrected chi connectivity index (χ4v) is 8.77. The number of aromatic nitrogens is 1. The number of para-hydroxylation sites is 1. The van der Waals surface area contributed by atoms with Gasteiger partial charge in [0.25, 0.3) is 0 Å². The fraction of sp³-hybridized carbons (Fsp3) is 0.273. The van der Waals surface area contributed by atoms with Crippen LogP contribution in [0.25, 0.3) is 0 Å². The molecule has 43 heavy (non-hydrogen) atoms. The van der Waals surface area contributed by atoms with E-state index < -0.39 is 17.1 Å². The summed E-state index contributed by atoms with van der Waals surface area (Å²) in [5.74, 6) is -2.11. The van der Waals surface area contributed by atoms with Crippen LogP contribution in [0.4, 0.5) is 17.1 Å². The van der Waals surface area contributed by atoms with Crippen molar-refractivity contribution in [3.63, 3.8) is 0 Å². The minimum Gasteiger partial charge on any atom is -0.372 e. The van der Waals surface area contributed by atoms with E-state index in [1.165, 1.54) is 21.2 Å². The number of thioether (sulfide) groups is 1. The minimum atomic E-state index is -0.729. The van der Waals surface area contributed by atoms with Gasteiger partial charge in [0.15, 0.2) is 0 Å². The predicted octanol–water partition coefficient (Wildman–Crippen LogP) is 5.50.